The van der Waals surface area contributed by atoms with Crippen LogP contribution in [0.15, 0.2) is 4.79 Å². The molecule has 3 N–H and O–H groups in total. The van der Waals surface area contributed by atoms with E-state index in [4.69, 9.17) is 10.5 Å². The summed E-state index contributed by atoms with van der Waals surface area (Å²) >= 11 is 3.26. The number of aromatic nitrogens is 2. The third kappa shape index (κ3) is 1.74. The lowest BCUT2D eigenvalue weighted by atomic mass is 10.5. The summed E-state index contributed by atoms with van der Waals surface area (Å²) in [5.74, 6) is 0.653. The van der Waals surface area contributed by atoms with Gasteiger partial charge in [0, 0.05) is 6.61 Å². The zero-order valence-corrected chi connectivity index (χ0v) is 10.3. The number of rotatable bonds is 3. The molecule has 0 spiro atoms. The highest BCUT2D eigenvalue weighted by Crippen LogP contribution is 2.28. The Labute approximate surface area is 101 Å². The summed E-state index contributed by atoms with van der Waals surface area (Å²) in [7, 11) is 0. The second-order valence-electron chi connectivity index (χ2n) is 3.22. The third-order valence-corrected chi connectivity index (χ3v) is 2.82. The number of anilines is 3. The van der Waals surface area contributed by atoms with E-state index >= 15 is 0 Å². The molecule has 0 aromatic carbocycles. The minimum absolute atomic E-state index is 0.116. The molecule has 2 heterocycles. The van der Waals surface area contributed by atoms with Crippen molar-refractivity contribution in [1.82, 2.24) is 9.55 Å². The van der Waals surface area contributed by atoms with Crippen molar-refractivity contribution in [2.75, 3.05) is 28.3 Å². The highest BCUT2D eigenvalue weighted by Gasteiger charge is 2.24. The van der Waals surface area contributed by atoms with Crippen molar-refractivity contribution < 1.29 is 4.74 Å². The van der Waals surface area contributed by atoms with Crippen LogP contribution < -0.4 is 20.5 Å². The molecule has 16 heavy (non-hydrogen) atoms. The minimum Gasteiger partial charge on any atom is -0.369 e. The predicted molar refractivity (Wildman–Crippen MR) is 64.4 cm³/mol. The molecular formula is C8H12BrN5O2. The fourth-order valence-corrected chi connectivity index (χ4v) is 1.80. The van der Waals surface area contributed by atoms with Crippen LogP contribution in [0, 0.1) is 0 Å². The third-order valence-electron chi connectivity index (χ3n) is 2.23. The quantitative estimate of drug-likeness (QED) is 0.780. The lowest BCUT2D eigenvalue weighted by Crippen LogP contribution is -2.26. The largest absolute Gasteiger partial charge is 0.369 e. The first kappa shape index (κ1) is 11.2. The molecule has 0 amide bonds. The van der Waals surface area contributed by atoms with Crippen LogP contribution in [-0.2, 0) is 11.5 Å². The summed E-state index contributed by atoms with van der Waals surface area (Å²) in [5.41, 5.74) is 5.91. The van der Waals surface area contributed by atoms with Crippen LogP contribution in [0.4, 0.5) is 17.5 Å². The van der Waals surface area contributed by atoms with Crippen molar-refractivity contribution in [3.05, 3.63) is 10.4 Å². The Morgan fingerprint density at radius 2 is 2.44 bits per heavy atom. The van der Waals surface area contributed by atoms with E-state index in [1.165, 1.54) is 4.57 Å². The molecule has 0 radical (unpaired) electrons. The average Bonchev–Trinajstić information content (AvgIpc) is 2.61. The van der Waals surface area contributed by atoms with Gasteiger partial charge in [0.25, 0.3) is 5.56 Å². The van der Waals surface area contributed by atoms with Crippen molar-refractivity contribution in [3.63, 3.8) is 0 Å². The van der Waals surface area contributed by atoms with E-state index in [-0.39, 0.29) is 18.2 Å². The van der Waals surface area contributed by atoms with Gasteiger partial charge < -0.3 is 15.8 Å². The van der Waals surface area contributed by atoms with E-state index in [0.717, 1.165) is 0 Å². The molecule has 1 aliphatic rings. The lowest BCUT2D eigenvalue weighted by Gasteiger charge is -2.11. The maximum atomic E-state index is 12.0. The van der Waals surface area contributed by atoms with E-state index in [1.54, 1.807) is 3.93 Å². The van der Waals surface area contributed by atoms with Crippen LogP contribution in [0.25, 0.3) is 0 Å². The number of fused-ring (bicyclic) bond motifs is 1. The lowest BCUT2D eigenvalue weighted by molar-refractivity contribution is 0.0865. The van der Waals surface area contributed by atoms with E-state index < -0.39 is 0 Å². The Kier molecular flexibility index (Phi) is 3.01. The van der Waals surface area contributed by atoms with Gasteiger partial charge in [-0.25, -0.2) is 0 Å². The monoisotopic (exact) mass is 289 g/mol. The van der Waals surface area contributed by atoms with Gasteiger partial charge in [0.05, 0.1) is 16.1 Å². The summed E-state index contributed by atoms with van der Waals surface area (Å²) < 4.78 is 8.09. The highest BCUT2D eigenvalue weighted by molar-refractivity contribution is 9.10. The molecule has 0 fully saturated rings. The van der Waals surface area contributed by atoms with Gasteiger partial charge in [0.15, 0.2) is 5.82 Å². The van der Waals surface area contributed by atoms with Gasteiger partial charge in [-0.3, -0.25) is 13.3 Å². The normalized spacial score (nSPS) is 13.8. The topological polar surface area (TPSA) is 85.4 Å². The molecule has 1 aliphatic heterocycles. The van der Waals surface area contributed by atoms with Crippen LogP contribution in [0.2, 0.25) is 0 Å². The SMILES string of the molecule is CCOCn1c(N)nc2c(c1=O)NCN2Br. The molecule has 2 rings (SSSR count). The number of nitrogens with one attached hydrogen (secondary N) is 1. The van der Waals surface area contributed by atoms with Crippen LogP contribution >= 0.6 is 16.1 Å². The van der Waals surface area contributed by atoms with Gasteiger partial charge in [-0.05, 0) is 6.92 Å². The van der Waals surface area contributed by atoms with Crippen LogP contribution in [0.1, 0.15) is 6.92 Å². The van der Waals surface area contributed by atoms with Gasteiger partial charge in [-0.15, -0.1) is 0 Å². The summed E-state index contributed by atoms with van der Waals surface area (Å²) in [6, 6.07) is 0. The molecule has 1 aromatic rings. The summed E-state index contributed by atoms with van der Waals surface area (Å²) in [6.45, 7) is 2.96. The first-order valence-corrected chi connectivity index (χ1v) is 5.51. The molecular weight excluding hydrogens is 278 g/mol. The van der Waals surface area contributed by atoms with E-state index in [2.05, 4.69) is 26.4 Å². The fourth-order valence-electron chi connectivity index (χ4n) is 1.42. The summed E-state index contributed by atoms with van der Waals surface area (Å²) in [6.07, 6.45) is 0. The predicted octanol–water partition coefficient (Wildman–Crippen LogP) is 0.319. The van der Waals surface area contributed by atoms with Crippen molar-refractivity contribution >= 4 is 33.6 Å². The number of hydrogen-bond acceptors (Lipinski definition) is 6. The number of hydrogen-bond donors (Lipinski definition) is 2. The Hall–Kier alpha value is -1.28. The second kappa shape index (κ2) is 4.30. The Morgan fingerprint density at radius 3 is 3.12 bits per heavy atom. The van der Waals surface area contributed by atoms with Gasteiger partial charge >= 0.3 is 0 Å². The van der Waals surface area contributed by atoms with Crippen LogP contribution in [0.5, 0.6) is 0 Å². The number of nitrogens with two attached hydrogens (primary N) is 1. The fraction of sp³-hybridized carbons (Fsp3) is 0.500. The Balaban J connectivity index is 2.45. The van der Waals surface area contributed by atoms with E-state index in [1.807, 2.05) is 6.92 Å². The first-order chi connectivity index (χ1) is 7.65. The average molecular weight is 290 g/mol. The van der Waals surface area contributed by atoms with Crippen molar-refractivity contribution in [2.45, 2.75) is 13.7 Å². The molecule has 0 bridgehead atoms. The van der Waals surface area contributed by atoms with Crippen molar-refractivity contribution in [3.8, 4) is 0 Å². The van der Waals surface area contributed by atoms with E-state index in [9.17, 15) is 4.79 Å². The van der Waals surface area contributed by atoms with Crippen molar-refractivity contribution in [2.24, 2.45) is 0 Å². The number of nitrogen functional groups attached to an aromatic ring is 1. The Bertz CT molecular complexity index is 460. The van der Waals surface area contributed by atoms with Gasteiger partial charge in [-0.2, -0.15) is 4.98 Å². The molecule has 0 saturated heterocycles. The van der Waals surface area contributed by atoms with Gasteiger partial charge in [-0.1, -0.05) is 0 Å². The molecule has 0 aliphatic carbocycles. The first-order valence-electron chi connectivity index (χ1n) is 4.80. The number of halogens is 1. The zero-order chi connectivity index (χ0) is 11.7. The Morgan fingerprint density at radius 1 is 1.69 bits per heavy atom. The number of ether oxygens (including phenoxy) is 1. The molecule has 7 nitrogen and oxygen atoms in total. The van der Waals surface area contributed by atoms with Gasteiger partial charge in [0.2, 0.25) is 5.95 Å². The van der Waals surface area contributed by atoms with Crippen molar-refractivity contribution in [1.29, 1.82) is 0 Å². The minimum atomic E-state index is -0.224. The van der Waals surface area contributed by atoms with Crippen LogP contribution in [-0.4, -0.2) is 22.8 Å². The molecule has 1 aromatic heterocycles. The van der Waals surface area contributed by atoms with Gasteiger partial charge in [0.1, 0.15) is 19.1 Å². The summed E-state index contributed by atoms with van der Waals surface area (Å²) in [5, 5.41) is 2.93. The van der Waals surface area contributed by atoms with Crippen LogP contribution in [0.3, 0.4) is 0 Å². The molecule has 0 unspecified atom stereocenters. The number of nitrogens with zero attached hydrogens (tertiary/aromatic N) is 3. The molecule has 8 heteroatoms. The molecule has 0 saturated carbocycles. The molecule has 0 atom stereocenters. The maximum Gasteiger partial charge on any atom is 0.282 e. The molecule has 88 valence electrons. The van der Waals surface area contributed by atoms with E-state index in [0.29, 0.717) is 24.8 Å². The zero-order valence-electron chi connectivity index (χ0n) is 8.73. The highest BCUT2D eigenvalue weighted by atomic mass is 79.9. The standard InChI is InChI=1S/C8H12BrN5O2/c1-2-16-4-13-7(15)5-6(12-8(13)10)14(9)3-11-5/h11H,2-4H2,1H3,(H2,10,12). The second-order valence-corrected chi connectivity index (χ2v) is 4.08. The maximum absolute atomic E-state index is 12.0. The smallest absolute Gasteiger partial charge is 0.282 e. The summed E-state index contributed by atoms with van der Waals surface area (Å²) in [4.78, 5) is 16.1.